The van der Waals surface area contributed by atoms with E-state index in [4.69, 9.17) is 27.9 Å². The second-order valence-electron chi connectivity index (χ2n) is 6.49. The Hall–Kier alpha value is -3.39. The van der Waals surface area contributed by atoms with Gasteiger partial charge in [-0.05, 0) is 29.8 Å². The highest BCUT2D eigenvalue weighted by Crippen LogP contribution is 2.38. The SMILES string of the molecule is N#CC1=C(C=CNc2ccccc2-c2ccccc2)OCN1c1c(Cl)cccc1Cl. The minimum absolute atomic E-state index is 0.159. The number of allylic oxidation sites excluding steroid dienone is 2. The molecule has 1 aliphatic rings. The second-order valence-corrected chi connectivity index (χ2v) is 7.30. The van der Waals surface area contributed by atoms with Crippen molar-refractivity contribution in [2.75, 3.05) is 16.9 Å². The number of para-hydroxylation sites is 2. The Labute approximate surface area is 185 Å². The molecule has 0 atom stereocenters. The van der Waals surface area contributed by atoms with Gasteiger partial charge in [-0.3, -0.25) is 4.90 Å². The van der Waals surface area contributed by atoms with Crippen molar-refractivity contribution in [1.29, 1.82) is 5.26 Å². The van der Waals surface area contributed by atoms with Gasteiger partial charge in [0.1, 0.15) is 6.07 Å². The lowest BCUT2D eigenvalue weighted by Gasteiger charge is -2.18. The Morgan fingerprint density at radius 1 is 0.933 bits per heavy atom. The van der Waals surface area contributed by atoms with Crippen molar-refractivity contribution in [3.05, 3.63) is 107 Å². The largest absolute Gasteiger partial charge is 0.470 e. The molecule has 0 aliphatic carbocycles. The van der Waals surface area contributed by atoms with E-state index in [1.807, 2.05) is 36.4 Å². The van der Waals surface area contributed by atoms with Crippen molar-refractivity contribution >= 4 is 34.6 Å². The highest BCUT2D eigenvalue weighted by atomic mass is 35.5. The zero-order valence-corrected chi connectivity index (χ0v) is 17.4. The zero-order valence-electron chi connectivity index (χ0n) is 15.8. The van der Waals surface area contributed by atoms with Crippen LogP contribution in [0.2, 0.25) is 10.0 Å². The lowest BCUT2D eigenvalue weighted by atomic mass is 10.0. The van der Waals surface area contributed by atoms with Crippen LogP contribution in [-0.4, -0.2) is 6.73 Å². The van der Waals surface area contributed by atoms with Crippen LogP contribution in [0.15, 0.2) is 96.5 Å². The van der Waals surface area contributed by atoms with E-state index in [0.717, 1.165) is 16.8 Å². The quantitative estimate of drug-likeness (QED) is 0.479. The van der Waals surface area contributed by atoms with Gasteiger partial charge in [-0.25, -0.2) is 0 Å². The first-order valence-electron chi connectivity index (χ1n) is 9.25. The molecule has 0 amide bonds. The van der Waals surface area contributed by atoms with Gasteiger partial charge in [0, 0.05) is 17.5 Å². The van der Waals surface area contributed by atoms with E-state index in [-0.39, 0.29) is 6.73 Å². The summed E-state index contributed by atoms with van der Waals surface area (Å²) >= 11 is 12.6. The number of nitriles is 1. The molecule has 4 rings (SSSR count). The Bertz CT molecular complexity index is 1150. The number of hydrogen-bond donors (Lipinski definition) is 1. The van der Waals surface area contributed by atoms with Crippen LogP contribution < -0.4 is 10.2 Å². The molecule has 30 heavy (non-hydrogen) atoms. The molecule has 0 saturated heterocycles. The van der Waals surface area contributed by atoms with Crippen molar-refractivity contribution < 1.29 is 4.74 Å². The zero-order chi connectivity index (χ0) is 20.9. The number of benzene rings is 3. The summed E-state index contributed by atoms with van der Waals surface area (Å²) in [5, 5.41) is 13.9. The Kier molecular flexibility index (Phi) is 5.94. The minimum Gasteiger partial charge on any atom is -0.470 e. The Morgan fingerprint density at radius 2 is 1.63 bits per heavy atom. The van der Waals surface area contributed by atoms with Crippen molar-refractivity contribution in [3.8, 4) is 17.2 Å². The first kappa shape index (κ1) is 19.9. The predicted molar refractivity (Wildman–Crippen MR) is 122 cm³/mol. The van der Waals surface area contributed by atoms with Crippen LogP contribution in [0.1, 0.15) is 0 Å². The number of hydrogen-bond acceptors (Lipinski definition) is 4. The summed E-state index contributed by atoms with van der Waals surface area (Å²) in [6, 6.07) is 25.6. The maximum Gasteiger partial charge on any atom is 0.166 e. The summed E-state index contributed by atoms with van der Waals surface area (Å²) < 4.78 is 5.73. The third-order valence-electron chi connectivity index (χ3n) is 4.65. The van der Waals surface area contributed by atoms with Crippen molar-refractivity contribution in [2.24, 2.45) is 0 Å². The fourth-order valence-electron chi connectivity index (χ4n) is 3.25. The summed E-state index contributed by atoms with van der Waals surface area (Å²) in [6.07, 6.45) is 3.48. The fourth-order valence-corrected chi connectivity index (χ4v) is 3.85. The van der Waals surface area contributed by atoms with Crippen molar-refractivity contribution in [1.82, 2.24) is 0 Å². The van der Waals surface area contributed by atoms with Crippen LogP contribution in [0.5, 0.6) is 0 Å². The van der Waals surface area contributed by atoms with Gasteiger partial charge in [-0.1, -0.05) is 77.8 Å². The molecule has 6 heteroatoms. The monoisotopic (exact) mass is 433 g/mol. The average molecular weight is 434 g/mol. The Morgan fingerprint density at radius 3 is 2.37 bits per heavy atom. The van der Waals surface area contributed by atoms with E-state index in [2.05, 4.69) is 29.6 Å². The molecule has 4 nitrogen and oxygen atoms in total. The molecular formula is C24H17Cl2N3O. The van der Waals surface area contributed by atoms with E-state index < -0.39 is 0 Å². The molecule has 0 spiro atoms. The average Bonchev–Trinajstić information content (AvgIpc) is 3.17. The molecule has 1 N–H and O–H groups in total. The summed E-state index contributed by atoms with van der Waals surface area (Å²) in [5.74, 6) is 0.443. The molecule has 0 aromatic heterocycles. The maximum absolute atomic E-state index is 9.69. The number of nitrogens with zero attached hydrogens (tertiary/aromatic N) is 2. The predicted octanol–water partition coefficient (Wildman–Crippen LogP) is 6.82. The Balaban J connectivity index is 1.59. The summed E-state index contributed by atoms with van der Waals surface area (Å²) in [4.78, 5) is 1.67. The van der Waals surface area contributed by atoms with Crippen LogP contribution in [0.4, 0.5) is 11.4 Å². The van der Waals surface area contributed by atoms with Gasteiger partial charge >= 0.3 is 0 Å². The summed E-state index contributed by atoms with van der Waals surface area (Å²) in [6.45, 7) is 0.159. The van der Waals surface area contributed by atoms with E-state index >= 15 is 0 Å². The van der Waals surface area contributed by atoms with Crippen LogP contribution >= 0.6 is 23.2 Å². The fraction of sp³-hybridized carbons (Fsp3) is 0.0417. The molecule has 0 bridgehead atoms. The van der Waals surface area contributed by atoms with E-state index in [1.165, 1.54) is 0 Å². The lowest BCUT2D eigenvalue weighted by Crippen LogP contribution is -2.19. The van der Waals surface area contributed by atoms with Gasteiger partial charge in [-0.2, -0.15) is 5.26 Å². The second kappa shape index (κ2) is 8.96. The van der Waals surface area contributed by atoms with Gasteiger partial charge in [0.25, 0.3) is 0 Å². The number of rotatable bonds is 5. The van der Waals surface area contributed by atoms with Crippen LogP contribution in [0, 0.1) is 11.3 Å². The third-order valence-corrected chi connectivity index (χ3v) is 5.26. The number of ether oxygens (including phenoxy) is 1. The number of halogens is 2. The van der Waals surface area contributed by atoms with Gasteiger partial charge in [0.05, 0.1) is 15.7 Å². The number of nitrogens with one attached hydrogen (secondary N) is 1. The highest BCUT2D eigenvalue weighted by molar-refractivity contribution is 6.39. The summed E-state index contributed by atoms with van der Waals surface area (Å²) in [5.41, 5.74) is 4.04. The maximum atomic E-state index is 9.69. The smallest absolute Gasteiger partial charge is 0.166 e. The molecule has 1 heterocycles. The molecule has 0 unspecified atom stereocenters. The first-order valence-corrected chi connectivity index (χ1v) is 10.0. The first-order chi connectivity index (χ1) is 14.7. The van der Waals surface area contributed by atoms with Crippen LogP contribution in [0.25, 0.3) is 11.1 Å². The molecule has 0 radical (unpaired) electrons. The summed E-state index contributed by atoms with van der Waals surface area (Å²) in [7, 11) is 0. The molecule has 0 fully saturated rings. The minimum atomic E-state index is 0.159. The van der Waals surface area contributed by atoms with Gasteiger partial charge in [0.15, 0.2) is 18.2 Å². The van der Waals surface area contributed by atoms with Crippen molar-refractivity contribution in [3.63, 3.8) is 0 Å². The van der Waals surface area contributed by atoms with Gasteiger partial charge in [-0.15, -0.1) is 0 Å². The standard InChI is InChI=1S/C24H17Cl2N3O/c25-19-10-6-11-20(26)24(19)29-16-30-23(22(29)15-27)13-14-28-21-12-5-4-9-18(21)17-7-2-1-3-8-17/h1-14,28H,16H2. The molecule has 0 saturated carbocycles. The van der Waals surface area contributed by atoms with Crippen LogP contribution in [-0.2, 0) is 4.74 Å². The molecule has 1 aliphatic heterocycles. The van der Waals surface area contributed by atoms with E-state index in [1.54, 1.807) is 35.4 Å². The van der Waals surface area contributed by atoms with Gasteiger partial charge < -0.3 is 10.1 Å². The van der Waals surface area contributed by atoms with Gasteiger partial charge in [0.2, 0.25) is 0 Å². The normalized spacial score (nSPS) is 13.4. The topological polar surface area (TPSA) is 48.3 Å². The van der Waals surface area contributed by atoms with E-state index in [0.29, 0.717) is 27.2 Å². The lowest BCUT2D eigenvalue weighted by molar-refractivity contribution is 0.257. The van der Waals surface area contributed by atoms with E-state index in [9.17, 15) is 5.26 Å². The third kappa shape index (κ3) is 3.99. The highest BCUT2D eigenvalue weighted by Gasteiger charge is 2.27. The molecule has 3 aromatic carbocycles. The van der Waals surface area contributed by atoms with Crippen molar-refractivity contribution in [2.45, 2.75) is 0 Å². The molecular weight excluding hydrogens is 417 g/mol. The molecule has 3 aromatic rings. The number of anilines is 2. The van der Waals surface area contributed by atoms with Crippen LogP contribution in [0.3, 0.4) is 0 Å². The molecule has 148 valence electrons.